The monoisotopic (exact) mass is 412 g/mol. The smallest absolute Gasteiger partial charge is 0.308 e. The van der Waals surface area contributed by atoms with Gasteiger partial charge in [-0.1, -0.05) is 6.07 Å². The van der Waals surface area contributed by atoms with E-state index in [0.29, 0.717) is 30.9 Å². The van der Waals surface area contributed by atoms with Crippen LogP contribution in [0.15, 0.2) is 42.5 Å². The van der Waals surface area contributed by atoms with Crippen molar-refractivity contribution in [3.05, 3.63) is 53.6 Å². The second kappa shape index (κ2) is 9.30. The highest BCUT2D eigenvalue weighted by Gasteiger charge is 2.24. The van der Waals surface area contributed by atoms with Gasteiger partial charge in [0.1, 0.15) is 17.2 Å². The molecule has 3 rings (SSSR count). The zero-order valence-electron chi connectivity index (χ0n) is 16.6. The van der Waals surface area contributed by atoms with E-state index in [9.17, 15) is 24.6 Å². The molecule has 0 aromatic heterocycles. The summed E-state index contributed by atoms with van der Waals surface area (Å²) in [5.74, 6) is -0.734. The lowest BCUT2D eigenvalue weighted by Crippen LogP contribution is -2.41. The van der Waals surface area contributed by atoms with E-state index in [2.05, 4.69) is 5.32 Å². The van der Waals surface area contributed by atoms with Crippen molar-refractivity contribution in [2.24, 2.45) is 5.92 Å². The first kappa shape index (κ1) is 21.2. The minimum Gasteiger partial charge on any atom is -0.508 e. The molecular weight excluding hydrogens is 388 g/mol. The van der Waals surface area contributed by atoms with E-state index < -0.39 is 5.97 Å². The summed E-state index contributed by atoms with van der Waals surface area (Å²) < 4.78 is 5.03. The molecule has 2 aromatic rings. The molecule has 8 heteroatoms. The molecule has 1 aliphatic heterocycles. The molecule has 0 atom stereocenters. The Balaban J connectivity index is 1.50. The van der Waals surface area contributed by atoms with Gasteiger partial charge in [-0.15, -0.1) is 0 Å². The SMILES string of the molecule is CC(=O)Oc1cccc(C(=O)N2CCC(CNC(=O)c3cc(O)cc(O)c3)CC2)c1. The standard InChI is InChI=1S/C22H24N2O6/c1-14(25)30-20-4-2-3-16(11-20)22(29)24-7-5-15(6-8-24)13-23-21(28)17-9-18(26)12-19(27)10-17/h2-4,9-12,15,26-27H,5-8,13H2,1H3,(H,23,28). The summed E-state index contributed by atoms with van der Waals surface area (Å²) >= 11 is 0. The van der Waals surface area contributed by atoms with Gasteiger partial charge in [-0.05, 0) is 49.1 Å². The second-order valence-electron chi connectivity index (χ2n) is 7.31. The maximum atomic E-state index is 12.7. The summed E-state index contributed by atoms with van der Waals surface area (Å²) in [5, 5.41) is 21.8. The predicted molar refractivity (Wildman–Crippen MR) is 108 cm³/mol. The molecule has 0 saturated carbocycles. The van der Waals surface area contributed by atoms with Crippen molar-refractivity contribution in [2.45, 2.75) is 19.8 Å². The Morgan fingerprint density at radius 2 is 1.70 bits per heavy atom. The van der Waals surface area contributed by atoms with E-state index >= 15 is 0 Å². The molecule has 1 aliphatic rings. The van der Waals surface area contributed by atoms with Gasteiger partial charge in [0.15, 0.2) is 0 Å². The molecule has 0 radical (unpaired) electrons. The Kier molecular flexibility index (Phi) is 6.56. The van der Waals surface area contributed by atoms with Gasteiger partial charge in [-0.2, -0.15) is 0 Å². The molecule has 0 bridgehead atoms. The van der Waals surface area contributed by atoms with Crippen molar-refractivity contribution in [3.63, 3.8) is 0 Å². The zero-order valence-corrected chi connectivity index (χ0v) is 16.6. The molecule has 0 aliphatic carbocycles. The third kappa shape index (κ3) is 5.50. The summed E-state index contributed by atoms with van der Waals surface area (Å²) in [6, 6.07) is 10.3. The average molecular weight is 412 g/mol. The van der Waals surface area contributed by atoms with Crippen LogP contribution in [0.4, 0.5) is 0 Å². The van der Waals surface area contributed by atoms with Crippen LogP contribution in [0.25, 0.3) is 0 Å². The lowest BCUT2D eigenvalue weighted by molar-refractivity contribution is -0.131. The Hall–Kier alpha value is -3.55. The number of aromatic hydroxyl groups is 2. The third-order valence-corrected chi connectivity index (χ3v) is 4.96. The number of ether oxygens (including phenoxy) is 1. The Morgan fingerprint density at radius 3 is 2.33 bits per heavy atom. The Morgan fingerprint density at radius 1 is 1.03 bits per heavy atom. The molecule has 1 saturated heterocycles. The molecule has 30 heavy (non-hydrogen) atoms. The van der Waals surface area contributed by atoms with Gasteiger partial charge < -0.3 is 25.2 Å². The number of phenols is 2. The van der Waals surface area contributed by atoms with E-state index in [1.54, 1.807) is 29.2 Å². The van der Waals surface area contributed by atoms with E-state index in [4.69, 9.17) is 4.74 Å². The highest BCUT2D eigenvalue weighted by Crippen LogP contribution is 2.22. The second-order valence-corrected chi connectivity index (χ2v) is 7.31. The van der Waals surface area contributed by atoms with Crippen LogP contribution >= 0.6 is 0 Å². The summed E-state index contributed by atoms with van der Waals surface area (Å²) in [5.41, 5.74) is 0.650. The number of likely N-dealkylation sites (tertiary alicyclic amines) is 1. The van der Waals surface area contributed by atoms with Crippen molar-refractivity contribution >= 4 is 17.8 Å². The largest absolute Gasteiger partial charge is 0.508 e. The number of nitrogens with zero attached hydrogens (tertiary/aromatic N) is 1. The first-order chi connectivity index (χ1) is 14.3. The number of rotatable bonds is 5. The highest BCUT2D eigenvalue weighted by molar-refractivity contribution is 5.95. The van der Waals surface area contributed by atoms with Gasteiger partial charge >= 0.3 is 5.97 Å². The molecule has 158 valence electrons. The van der Waals surface area contributed by atoms with Crippen LogP contribution in [0.1, 0.15) is 40.5 Å². The number of piperidine rings is 1. The molecule has 1 fully saturated rings. The van der Waals surface area contributed by atoms with Crippen LogP contribution in [0.3, 0.4) is 0 Å². The van der Waals surface area contributed by atoms with Gasteiger partial charge in [0.2, 0.25) is 0 Å². The number of amides is 2. The van der Waals surface area contributed by atoms with Crippen LogP contribution in [-0.4, -0.2) is 52.5 Å². The topological polar surface area (TPSA) is 116 Å². The minimum atomic E-state index is -0.441. The van der Waals surface area contributed by atoms with Crippen LogP contribution in [-0.2, 0) is 4.79 Å². The van der Waals surface area contributed by atoms with Crippen molar-refractivity contribution < 1.29 is 29.3 Å². The van der Waals surface area contributed by atoms with Crippen molar-refractivity contribution in [3.8, 4) is 17.2 Å². The quantitative estimate of drug-likeness (QED) is 0.513. The Labute approximate surface area is 174 Å². The molecular formula is C22H24N2O6. The number of hydrogen-bond donors (Lipinski definition) is 3. The van der Waals surface area contributed by atoms with E-state index in [0.717, 1.165) is 18.9 Å². The maximum absolute atomic E-state index is 12.7. The normalized spacial score (nSPS) is 14.2. The van der Waals surface area contributed by atoms with Gasteiger partial charge in [-0.25, -0.2) is 0 Å². The van der Waals surface area contributed by atoms with Gasteiger partial charge in [0, 0.05) is 43.8 Å². The number of benzene rings is 2. The number of nitrogens with one attached hydrogen (secondary N) is 1. The summed E-state index contributed by atoms with van der Waals surface area (Å²) in [7, 11) is 0. The van der Waals surface area contributed by atoms with Crippen LogP contribution in [0.2, 0.25) is 0 Å². The minimum absolute atomic E-state index is 0.123. The highest BCUT2D eigenvalue weighted by atomic mass is 16.5. The Bertz CT molecular complexity index is 930. The molecule has 3 N–H and O–H groups in total. The number of phenolic OH excluding ortho intramolecular Hbond substituents is 2. The molecule has 8 nitrogen and oxygen atoms in total. The van der Waals surface area contributed by atoms with Crippen LogP contribution in [0, 0.1) is 5.92 Å². The summed E-state index contributed by atoms with van der Waals surface area (Å²) in [6.07, 6.45) is 1.47. The lowest BCUT2D eigenvalue weighted by Gasteiger charge is -2.32. The maximum Gasteiger partial charge on any atom is 0.308 e. The van der Waals surface area contributed by atoms with E-state index in [1.807, 2.05) is 0 Å². The fourth-order valence-electron chi connectivity index (χ4n) is 3.45. The fraction of sp³-hybridized carbons (Fsp3) is 0.318. The molecule has 1 heterocycles. The molecule has 2 amide bonds. The number of carbonyl (C=O) groups is 3. The van der Waals surface area contributed by atoms with Gasteiger partial charge in [0.05, 0.1) is 0 Å². The van der Waals surface area contributed by atoms with Crippen molar-refractivity contribution in [1.29, 1.82) is 0 Å². The molecule has 0 spiro atoms. The molecule has 0 unspecified atom stereocenters. The van der Waals surface area contributed by atoms with Crippen LogP contribution < -0.4 is 10.1 Å². The first-order valence-corrected chi connectivity index (χ1v) is 9.71. The van der Waals surface area contributed by atoms with E-state index in [1.165, 1.54) is 19.1 Å². The van der Waals surface area contributed by atoms with Crippen LogP contribution in [0.5, 0.6) is 17.2 Å². The lowest BCUT2D eigenvalue weighted by atomic mass is 9.96. The fourth-order valence-corrected chi connectivity index (χ4v) is 3.45. The average Bonchev–Trinajstić information content (AvgIpc) is 2.71. The van der Waals surface area contributed by atoms with Gasteiger partial charge in [0.25, 0.3) is 11.8 Å². The summed E-state index contributed by atoms with van der Waals surface area (Å²) in [6.45, 7) is 2.87. The number of hydrogen-bond acceptors (Lipinski definition) is 6. The first-order valence-electron chi connectivity index (χ1n) is 9.71. The van der Waals surface area contributed by atoms with Crippen molar-refractivity contribution in [2.75, 3.05) is 19.6 Å². The van der Waals surface area contributed by atoms with Crippen molar-refractivity contribution in [1.82, 2.24) is 10.2 Å². The third-order valence-electron chi connectivity index (χ3n) is 4.96. The zero-order chi connectivity index (χ0) is 21.7. The summed E-state index contributed by atoms with van der Waals surface area (Å²) in [4.78, 5) is 37.8. The van der Waals surface area contributed by atoms with E-state index in [-0.39, 0.29) is 34.8 Å². The van der Waals surface area contributed by atoms with Gasteiger partial charge in [-0.3, -0.25) is 14.4 Å². The number of carbonyl (C=O) groups excluding carboxylic acids is 3. The predicted octanol–water partition coefficient (Wildman–Crippen LogP) is 2.31. The number of esters is 1. The molecule has 2 aromatic carbocycles.